The van der Waals surface area contributed by atoms with Gasteiger partial charge in [-0.25, -0.2) is 0 Å². The highest BCUT2D eigenvalue weighted by Crippen LogP contribution is 2.25. The van der Waals surface area contributed by atoms with Crippen LogP contribution in [-0.4, -0.2) is 21.7 Å². The van der Waals surface area contributed by atoms with Crippen LogP contribution in [0.3, 0.4) is 0 Å². The van der Waals surface area contributed by atoms with Crippen LogP contribution in [0.2, 0.25) is 10.0 Å². The lowest BCUT2D eigenvalue weighted by Gasteiger charge is -2.18. The monoisotopic (exact) mass is 311 g/mol. The van der Waals surface area contributed by atoms with Gasteiger partial charge in [0.15, 0.2) is 0 Å². The first-order valence-electron chi connectivity index (χ1n) is 6.65. The van der Waals surface area contributed by atoms with Gasteiger partial charge in [-0.05, 0) is 33.0 Å². The molecule has 2 rings (SSSR count). The van der Waals surface area contributed by atoms with E-state index in [1.54, 1.807) is 0 Å². The molecular formula is C15H19Cl2N3. The van der Waals surface area contributed by atoms with E-state index in [4.69, 9.17) is 23.2 Å². The van der Waals surface area contributed by atoms with Crippen LogP contribution < -0.4 is 0 Å². The van der Waals surface area contributed by atoms with E-state index in [-0.39, 0.29) is 0 Å². The van der Waals surface area contributed by atoms with Crippen LogP contribution in [0.25, 0.3) is 0 Å². The van der Waals surface area contributed by atoms with Gasteiger partial charge in [-0.15, -0.1) is 0 Å². The molecule has 108 valence electrons. The van der Waals surface area contributed by atoms with E-state index in [0.717, 1.165) is 25.2 Å². The predicted molar refractivity (Wildman–Crippen MR) is 84.3 cm³/mol. The van der Waals surface area contributed by atoms with Gasteiger partial charge in [0.1, 0.15) is 0 Å². The Morgan fingerprint density at radius 1 is 1.20 bits per heavy atom. The van der Waals surface area contributed by atoms with Crippen molar-refractivity contribution in [2.75, 3.05) is 7.05 Å². The lowest BCUT2D eigenvalue weighted by molar-refractivity contribution is 0.318. The Morgan fingerprint density at radius 3 is 2.40 bits per heavy atom. The molecule has 0 unspecified atom stereocenters. The third-order valence-electron chi connectivity index (χ3n) is 3.43. The zero-order valence-electron chi connectivity index (χ0n) is 12.0. The summed E-state index contributed by atoms with van der Waals surface area (Å²) in [5.41, 5.74) is 3.42. The van der Waals surface area contributed by atoms with Gasteiger partial charge in [-0.2, -0.15) is 5.10 Å². The fraction of sp³-hybridized carbons (Fsp3) is 0.400. The second-order valence-corrected chi connectivity index (χ2v) is 5.76. The Bertz CT molecular complexity index is 573. The molecule has 0 N–H and O–H groups in total. The lowest BCUT2D eigenvalue weighted by Crippen LogP contribution is -2.18. The molecule has 0 saturated heterocycles. The average Bonchev–Trinajstić information content (AvgIpc) is 2.75. The summed E-state index contributed by atoms with van der Waals surface area (Å²) in [6, 6.07) is 5.61. The highest BCUT2D eigenvalue weighted by molar-refractivity contribution is 6.35. The fourth-order valence-corrected chi connectivity index (χ4v) is 2.78. The molecule has 0 aliphatic rings. The maximum atomic E-state index is 6.21. The van der Waals surface area contributed by atoms with Crippen molar-refractivity contribution in [1.29, 1.82) is 0 Å². The number of benzene rings is 1. The topological polar surface area (TPSA) is 21.1 Å². The zero-order valence-corrected chi connectivity index (χ0v) is 13.5. The van der Waals surface area contributed by atoms with Crippen molar-refractivity contribution in [3.63, 3.8) is 0 Å². The third kappa shape index (κ3) is 3.35. The summed E-state index contributed by atoms with van der Waals surface area (Å²) < 4.78 is 2.01. The highest BCUT2D eigenvalue weighted by atomic mass is 35.5. The summed E-state index contributed by atoms with van der Waals surface area (Å²) in [7, 11) is 2.06. The van der Waals surface area contributed by atoms with Gasteiger partial charge in [0.2, 0.25) is 0 Å². The van der Waals surface area contributed by atoms with E-state index in [0.29, 0.717) is 10.0 Å². The Morgan fingerprint density at radius 2 is 1.85 bits per heavy atom. The Kier molecular flexibility index (Phi) is 5.08. The zero-order chi connectivity index (χ0) is 14.7. The average molecular weight is 312 g/mol. The standard InChI is InChI=1S/C15H19Cl2N3/c1-4-20-11(2)12(8-18-20)9-19(3)10-13-14(16)6-5-7-15(13)17/h5-8H,4,9-10H2,1-3H3. The van der Waals surface area contributed by atoms with E-state index < -0.39 is 0 Å². The largest absolute Gasteiger partial charge is 0.298 e. The Hall–Kier alpha value is -1.03. The number of nitrogens with zero attached hydrogens (tertiary/aromatic N) is 3. The van der Waals surface area contributed by atoms with Gasteiger partial charge in [-0.3, -0.25) is 9.58 Å². The molecule has 1 aromatic carbocycles. The summed E-state index contributed by atoms with van der Waals surface area (Å²) in [4.78, 5) is 2.19. The molecule has 3 nitrogen and oxygen atoms in total. The van der Waals surface area contributed by atoms with Crippen LogP contribution in [0.4, 0.5) is 0 Å². The van der Waals surface area contributed by atoms with Gasteiger partial charge < -0.3 is 0 Å². The second-order valence-electron chi connectivity index (χ2n) is 4.94. The highest BCUT2D eigenvalue weighted by Gasteiger charge is 2.11. The van der Waals surface area contributed by atoms with E-state index in [2.05, 4.69) is 30.9 Å². The fourth-order valence-electron chi connectivity index (χ4n) is 2.26. The molecule has 0 atom stereocenters. The SMILES string of the molecule is CCn1ncc(CN(C)Cc2c(Cl)cccc2Cl)c1C. The second kappa shape index (κ2) is 6.61. The van der Waals surface area contributed by atoms with Gasteiger partial charge in [0.25, 0.3) is 0 Å². The minimum atomic E-state index is 0.713. The van der Waals surface area contributed by atoms with Crippen LogP contribution in [0.1, 0.15) is 23.7 Å². The molecule has 0 aliphatic carbocycles. The number of hydrogen-bond acceptors (Lipinski definition) is 2. The van der Waals surface area contributed by atoms with Crippen molar-refractivity contribution < 1.29 is 0 Å². The summed E-state index contributed by atoms with van der Waals surface area (Å²) in [6.45, 7) is 6.63. The van der Waals surface area contributed by atoms with Gasteiger partial charge >= 0.3 is 0 Å². The van der Waals surface area contributed by atoms with Crippen LogP contribution in [0.15, 0.2) is 24.4 Å². The first-order valence-corrected chi connectivity index (χ1v) is 7.41. The number of halogens is 2. The van der Waals surface area contributed by atoms with E-state index in [9.17, 15) is 0 Å². The van der Waals surface area contributed by atoms with Crippen molar-refractivity contribution >= 4 is 23.2 Å². The summed E-state index contributed by atoms with van der Waals surface area (Å²) in [5, 5.41) is 5.79. The smallest absolute Gasteiger partial charge is 0.0537 e. The van der Waals surface area contributed by atoms with Crippen LogP contribution in [0, 0.1) is 6.92 Å². The van der Waals surface area contributed by atoms with Crippen LogP contribution in [-0.2, 0) is 19.6 Å². The van der Waals surface area contributed by atoms with Gasteiger partial charge in [0.05, 0.1) is 6.20 Å². The van der Waals surface area contributed by atoms with Crippen molar-refractivity contribution in [3.8, 4) is 0 Å². The van der Waals surface area contributed by atoms with Crippen molar-refractivity contribution in [2.24, 2.45) is 0 Å². The molecule has 0 radical (unpaired) electrons. The Balaban J connectivity index is 2.09. The summed E-state index contributed by atoms with van der Waals surface area (Å²) >= 11 is 12.4. The number of aromatic nitrogens is 2. The lowest BCUT2D eigenvalue weighted by atomic mass is 10.2. The molecule has 0 aliphatic heterocycles. The quantitative estimate of drug-likeness (QED) is 0.827. The molecule has 0 spiro atoms. The van der Waals surface area contributed by atoms with E-state index >= 15 is 0 Å². The molecule has 5 heteroatoms. The molecular weight excluding hydrogens is 293 g/mol. The van der Waals surface area contributed by atoms with Gasteiger partial charge in [0, 0.05) is 46.5 Å². The van der Waals surface area contributed by atoms with Crippen molar-refractivity contribution in [1.82, 2.24) is 14.7 Å². The number of rotatable bonds is 5. The molecule has 1 aromatic heterocycles. The van der Waals surface area contributed by atoms with Crippen molar-refractivity contribution in [2.45, 2.75) is 33.5 Å². The summed E-state index contributed by atoms with van der Waals surface area (Å²) in [6.07, 6.45) is 1.93. The molecule has 0 fully saturated rings. The maximum absolute atomic E-state index is 6.21. The molecule has 2 aromatic rings. The van der Waals surface area contributed by atoms with Crippen LogP contribution in [0.5, 0.6) is 0 Å². The van der Waals surface area contributed by atoms with Gasteiger partial charge in [-0.1, -0.05) is 29.3 Å². The number of hydrogen-bond donors (Lipinski definition) is 0. The molecule has 1 heterocycles. The molecule has 0 saturated carbocycles. The molecule has 0 bridgehead atoms. The normalized spacial score (nSPS) is 11.3. The molecule has 0 amide bonds. The van der Waals surface area contributed by atoms with E-state index in [1.165, 1.54) is 11.3 Å². The first kappa shape index (κ1) is 15.4. The molecule has 20 heavy (non-hydrogen) atoms. The summed E-state index contributed by atoms with van der Waals surface area (Å²) in [5.74, 6) is 0. The Labute approximate surface area is 130 Å². The number of aryl methyl sites for hydroxylation is 1. The van der Waals surface area contributed by atoms with Crippen molar-refractivity contribution in [3.05, 3.63) is 51.3 Å². The van der Waals surface area contributed by atoms with Crippen LogP contribution >= 0.6 is 23.2 Å². The minimum absolute atomic E-state index is 0.713. The predicted octanol–water partition coefficient (Wildman–Crippen LogP) is 4.15. The maximum Gasteiger partial charge on any atom is 0.0537 e. The minimum Gasteiger partial charge on any atom is -0.298 e. The van der Waals surface area contributed by atoms with E-state index in [1.807, 2.05) is 29.1 Å². The third-order valence-corrected chi connectivity index (χ3v) is 4.14. The first-order chi connectivity index (χ1) is 9.52.